The van der Waals surface area contributed by atoms with Crippen LogP contribution in [0.4, 0.5) is 5.69 Å². The number of rotatable bonds is 2. The highest BCUT2D eigenvalue weighted by Gasteiger charge is 2.25. The molecule has 1 fully saturated rings. The normalized spacial score (nSPS) is 20.1. The van der Waals surface area contributed by atoms with Gasteiger partial charge in [-0.3, -0.25) is 4.79 Å². The fraction of sp³-hybridized carbons (Fsp3) is 0.462. The summed E-state index contributed by atoms with van der Waals surface area (Å²) in [5.74, 6) is 0.0748. The van der Waals surface area contributed by atoms with Crippen molar-refractivity contribution in [2.75, 3.05) is 32.1 Å². The molecule has 0 aliphatic carbocycles. The fourth-order valence-electron chi connectivity index (χ4n) is 2.07. The van der Waals surface area contributed by atoms with Crippen LogP contribution in [0, 0.1) is 0 Å². The third-order valence-corrected chi connectivity index (χ3v) is 3.06. The maximum absolute atomic E-state index is 12.4. The largest absolute Gasteiger partial charge is 0.387 e. The van der Waals surface area contributed by atoms with Gasteiger partial charge in [-0.2, -0.15) is 0 Å². The number of nitrogens with zero attached hydrogens (tertiary/aromatic N) is 1. The topological polar surface area (TPSA) is 41.6 Å². The SMILES string of the molecule is CNc1ccccc1C(=O)N1CCOCC1C. The van der Waals surface area contributed by atoms with Crippen molar-refractivity contribution < 1.29 is 9.53 Å². The van der Waals surface area contributed by atoms with Crippen molar-refractivity contribution >= 4 is 11.6 Å². The summed E-state index contributed by atoms with van der Waals surface area (Å²) in [4.78, 5) is 14.3. The zero-order chi connectivity index (χ0) is 12.3. The van der Waals surface area contributed by atoms with Gasteiger partial charge >= 0.3 is 0 Å². The molecule has 1 N–H and O–H groups in total. The zero-order valence-electron chi connectivity index (χ0n) is 10.3. The number of ether oxygens (including phenoxy) is 1. The Balaban J connectivity index is 2.23. The molecule has 1 aliphatic heterocycles. The molecule has 0 radical (unpaired) electrons. The van der Waals surface area contributed by atoms with Crippen LogP contribution in [-0.2, 0) is 4.74 Å². The number of hydrogen-bond donors (Lipinski definition) is 1. The second kappa shape index (κ2) is 5.19. The van der Waals surface area contributed by atoms with Crippen LogP contribution < -0.4 is 5.32 Å². The minimum atomic E-state index is 0.0748. The second-order valence-corrected chi connectivity index (χ2v) is 4.22. The molecule has 2 rings (SSSR count). The van der Waals surface area contributed by atoms with Crippen molar-refractivity contribution in [1.82, 2.24) is 4.90 Å². The summed E-state index contributed by atoms with van der Waals surface area (Å²) in [6, 6.07) is 7.72. The molecule has 4 heteroatoms. The van der Waals surface area contributed by atoms with Crippen molar-refractivity contribution in [1.29, 1.82) is 0 Å². The molecule has 0 spiro atoms. The van der Waals surface area contributed by atoms with E-state index in [4.69, 9.17) is 4.74 Å². The maximum Gasteiger partial charge on any atom is 0.256 e. The summed E-state index contributed by atoms with van der Waals surface area (Å²) in [6.07, 6.45) is 0. The van der Waals surface area contributed by atoms with Crippen LogP contribution in [0.1, 0.15) is 17.3 Å². The first-order valence-electron chi connectivity index (χ1n) is 5.89. The summed E-state index contributed by atoms with van der Waals surface area (Å²) >= 11 is 0. The highest BCUT2D eigenvalue weighted by molar-refractivity contribution is 5.99. The van der Waals surface area contributed by atoms with Crippen LogP contribution in [0.3, 0.4) is 0 Å². The molecule has 1 saturated heterocycles. The van der Waals surface area contributed by atoms with Gasteiger partial charge in [-0.1, -0.05) is 12.1 Å². The Morgan fingerprint density at radius 2 is 2.24 bits per heavy atom. The number of hydrogen-bond acceptors (Lipinski definition) is 3. The minimum Gasteiger partial charge on any atom is -0.387 e. The number of amides is 1. The van der Waals surface area contributed by atoms with Crippen LogP contribution in [0.2, 0.25) is 0 Å². The molecule has 0 saturated carbocycles. The first-order valence-corrected chi connectivity index (χ1v) is 5.89. The lowest BCUT2D eigenvalue weighted by atomic mass is 10.1. The number of para-hydroxylation sites is 1. The first kappa shape index (κ1) is 11.9. The van der Waals surface area contributed by atoms with Crippen LogP contribution >= 0.6 is 0 Å². The number of carbonyl (C=O) groups excluding carboxylic acids is 1. The molecule has 1 aromatic rings. The highest BCUT2D eigenvalue weighted by Crippen LogP contribution is 2.19. The van der Waals surface area contributed by atoms with E-state index in [1.165, 1.54) is 0 Å². The Labute approximate surface area is 102 Å². The lowest BCUT2D eigenvalue weighted by Crippen LogP contribution is -2.47. The maximum atomic E-state index is 12.4. The van der Waals surface area contributed by atoms with Crippen LogP contribution in [0.5, 0.6) is 0 Å². The van der Waals surface area contributed by atoms with Crippen molar-refractivity contribution in [2.24, 2.45) is 0 Å². The molecule has 1 aromatic carbocycles. The average Bonchev–Trinajstić information content (AvgIpc) is 2.38. The third-order valence-electron chi connectivity index (χ3n) is 3.06. The van der Waals surface area contributed by atoms with Crippen LogP contribution in [0.25, 0.3) is 0 Å². The Morgan fingerprint density at radius 1 is 1.47 bits per heavy atom. The number of morpholine rings is 1. The molecule has 17 heavy (non-hydrogen) atoms. The molecular formula is C13H18N2O2. The summed E-state index contributed by atoms with van der Waals surface area (Å²) < 4.78 is 5.35. The molecule has 0 bridgehead atoms. The number of benzene rings is 1. The quantitative estimate of drug-likeness (QED) is 0.845. The van der Waals surface area contributed by atoms with Crippen molar-refractivity contribution in [3.05, 3.63) is 29.8 Å². The lowest BCUT2D eigenvalue weighted by molar-refractivity contribution is 0.00365. The van der Waals surface area contributed by atoms with Gasteiger partial charge in [-0.15, -0.1) is 0 Å². The average molecular weight is 234 g/mol. The Hall–Kier alpha value is -1.55. The van der Waals surface area contributed by atoms with Crippen molar-refractivity contribution in [3.8, 4) is 0 Å². The van der Waals surface area contributed by atoms with Gasteiger partial charge in [0.05, 0.1) is 24.8 Å². The molecule has 92 valence electrons. The monoisotopic (exact) mass is 234 g/mol. The van der Waals surface area contributed by atoms with E-state index in [9.17, 15) is 4.79 Å². The van der Waals surface area contributed by atoms with E-state index in [-0.39, 0.29) is 11.9 Å². The van der Waals surface area contributed by atoms with Gasteiger partial charge in [0, 0.05) is 19.3 Å². The van der Waals surface area contributed by atoms with E-state index in [0.29, 0.717) is 19.8 Å². The van der Waals surface area contributed by atoms with E-state index >= 15 is 0 Å². The number of anilines is 1. The van der Waals surface area contributed by atoms with E-state index in [1.807, 2.05) is 43.1 Å². The van der Waals surface area contributed by atoms with Crippen molar-refractivity contribution in [2.45, 2.75) is 13.0 Å². The fourth-order valence-corrected chi connectivity index (χ4v) is 2.07. The minimum absolute atomic E-state index is 0.0748. The van der Waals surface area contributed by atoms with Gasteiger partial charge in [0.15, 0.2) is 0 Å². The Morgan fingerprint density at radius 3 is 2.94 bits per heavy atom. The molecule has 1 aliphatic rings. The lowest BCUT2D eigenvalue weighted by Gasteiger charge is -2.33. The standard InChI is InChI=1S/C13H18N2O2/c1-10-9-17-8-7-15(10)13(16)11-5-3-4-6-12(11)14-2/h3-6,10,14H,7-9H2,1-2H3. The van der Waals surface area contributed by atoms with E-state index < -0.39 is 0 Å². The van der Waals surface area contributed by atoms with Gasteiger partial charge in [-0.25, -0.2) is 0 Å². The molecule has 0 aromatic heterocycles. The van der Waals surface area contributed by atoms with Gasteiger partial charge in [0.1, 0.15) is 0 Å². The Bertz CT molecular complexity index is 406. The first-order chi connectivity index (χ1) is 8.24. The predicted molar refractivity (Wildman–Crippen MR) is 67.3 cm³/mol. The van der Waals surface area contributed by atoms with Crippen LogP contribution in [0.15, 0.2) is 24.3 Å². The summed E-state index contributed by atoms with van der Waals surface area (Å²) in [6.45, 7) is 3.92. The van der Waals surface area contributed by atoms with Gasteiger partial charge in [0.25, 0.3) is 5.91 Å². The number of carbonyl (C=O) groups is 1. The van der Waals surface area contributed by atoms with E-state index in [2.05, 4.69) is 5.32 Å². The smallest absolute Gasteiger partial charge is 0.256 e. The second-order valence-electron chi connectivity index (χ2n) is 4.22. The zero-order valence-corrected chi connectivity index (χ0v) is 10.3. The van der Waals surface area contributed by atoms with Gasteiger partial charge in [-0.05, 0) is 19.1 Å². The molecular weight excluding hydrogens is 216 g/mol. The summed E-state index contributed by atoms with van der Waals surface area (Å²) in [5.41, 5.74) is 1.60. The van der Waals surface area contributed by atoms with Gasteiger partial charge in [0.2, 0.25) is 0 Å². The van der Waals surface area contributed by atoms with Gasteiger partial charge < -0.3 is 15.0 Å². The molecule has 1 unspecified atom stereocenters. The Kier molecular flexibility index (Phi) is 3.64. The molecule has 4 nitrogen and oxygen atoms in total. The third kappa shape index (κ3) is 2.42. The van der Waals surface area contributed by atoms with Crippen molar-refractivity contribution in [3.63, 3.8) is 0 Å². The number of nitrogens with one attached hydrogen (secondary N) is 1. The molecule has 1 amide bonds. The summed E-state index contributed by atoms with van der Waals surface area (Å²) in [7, 11) is 1.83. The molecule has 1 heterocycles. The van der Waals surface area contributed by atoms with E-state index in [1.54, 1.807) is 0 Å². The summed E-state index contributed by atoms with van der Waals surface area (Å²) in [5, 5.41) is 3.05. The highest BCUT2D eigenvalue weighted by atomic mass is 16.5. The van der Waals surface area contributed by atoms with E-state index in [0.717, 1.165) is 11.3 Å². The predicted octanol–water partition coefficient (Wildman–Crippen LogP) is 1.59. The molecule has 1 atom stereocenters. The van der Waals surface area contributed by atoms with Crippen LogP contribution in [-0.4, -0.2) is 43.7 Å².